The van der Waals surface area contributed by atoms with Gasteiger partial charge in [-0.2, -0.15) is 5.10 Å². The van der Waals surface area contributed by atoms with Crippen LogP contribution in [0.5, 0.6) is 0 Å². The van der Waals surface area contributed by atoms with E-state index in [1.165, 1.54) is 22.3 Å². The lowest BCUT2D eigenvalue weighted by molar-refractivity contribution is 0.167. The Morgan fingerprint density at radius 1 is 1.16 bits per heavy atom. The Balaban J connectivity index is 2.07. The molecule has 0 saturated carbocycles. The fourth-order valence-electron chi connectivity index (χ4n) is 2.40. The van der Waals surface area contributed by atoms with E-state index in [4.69, 9.17) is 0 Å². The molecule has 1 aromatic heterocycles. The number of hydrogen-bond donors (Lipinski definition) is 1. The second-order valence-corrected chi connectivity index (χ2v) is 5.37. The molecule has 0 saturated heterocycles. The Bertz CT molecular complexity index is 572. The second kappa shape index (κ2) is 5.57. The van der Waals surface area contributed by atoms with Crippen LogP contribution in [0.25, 0.3) is 0 Å². The molecule has 2 aromatic rings. The lowest BCUT2D eigenvalue weighted by Gasteiger charge is -2.15. The van der Waals surface area contributed by atoms with Crippen molar-refractivity contribution in [1.82, 2.24) is 9.78 Å². The Kier molecular flexibility index (Phi) is 4.05. The number of hydrogen-bond acceptors (Lipinski definition) is 2. The number of nitrogens with zero attached hydrogens (tertiary/aromatic N) is 2. The maximum Gasteiger partial charge on any atom is 0.0795 e. The predicted octanol–water partition coefficient (Wildman–Crippen LogP) is 3.01. The summed E-state index contributed by atoms with van der Waals surface area (Å²) in [6.45, 7) is 6.26. The van der Waals surface area contributed by atoms with E-state index in [0.717, 1.165) is 18.4 Å². The van der Waals surface area contributed by atoms with Crippen molar-refractivity contribution in [2.24, 2.45) is 7.05 Å². The maximum absolute atomic E-state index is 10.4. The summed E-state index contributed by atoms with van der Waals surface area (Å²) in [7, 11) is 1.91. The first kappa shape index (κ1) is 13.8. The molecule has 0 amide bonds. The zero-order chi connectivity index (χ0) is 14.0. The van der Waals surface area contributed by atoms with Crippen molar-refractivity contribution in [1.29, 1.82) is 0 Å². The Labute approximate surface area is 114 Å². The van der Waals surface area contributed by atoms with Crippen molar-refractivity contribution < 1.29 is 5.11 Å². The van der Waals surface area contributed by atoms with Crippen LogP contribution in [0, 0.1) is 20.8 Å². The molecule has 0 aliphatic heterocycles. The zero-order valence-corrected chi connectivity index (χ0v) is 12.1. The second-order valence-electron chi connectivity index (χ2n) is 5.37. The van der Waals surface area contributed by atoms with Crippen molar-refractivity contribution >= 4 is 0 Å². The highest BCUT2D eigenvalue weighted by molar-refractivity contribution is 5.37. The summed E-state index contributed by atoms with van der Waals surface area (Å²) < 4.78 is 1.79. The third kappa shape index (κ3) is 3.24. The van der Waals surface area contributed by atoms with E-state index in [9.17, 15) is 5.11 Å². The molecule has 2 rings (SSSR count). The van der Waals surface area contributed by atoms with Gasteiger partial charge in [0.1, 0.15) is 0 Å². The summed E-state index contributed by atoms with van der Waals surface area (Å²) in [4.78, 5) is 0. The molecule has 102 valence electrons. The van der Waals surface area contributed by atoms with E-state index >= 15 is 0 Å². The quantitative estimate of drug-likeness (QED) is 0.915. The van der Waals surface area contributed by atoms with Crippen LogP contribution < -0.4 is 0 Å². The van der Waals surface area contributed by atoms with E-state index in [1.54, 1.807) is 4.68 Å². The average molecular weight is 258 g/mol. The van der Waals surface area contributed by atoms with Gasteiger partial charge in [-0.25, -0.2) is 0 Å². The molecule has 1 N–H and O–H groups in total. The summed E-state index contributed by atoms with van der Waals surface area (Å²) in [5.41, 5.74) is 5.90. The molecule has 0 aliphatic rings. The molecular formula is C16H22N2O. The van der Waals surface area contributed by atoms with E-state index in [-0.39, 0.29) is 0 Å². The molecule has 0 aliphatic carbocycles. The van der Waals surface area contributed by atoms with E-state index in [2.05, 4.69) is 38.0 Å². The normalized spacial score (nSPS) is 12.7. The third-order valence-electron chi connectivity index (χ3n) is 3.71. The summed E-state index contributed by atoms with van der Waals surface area (Å²) in [6, 6.07) is 4.26. The predicted molar refractivity (Wildman–Crippen MR) is 77.1 cm³/mol. The number of benzene rings is 1. The van der Waals surface area contributed by atoms with Crippen LogP contribution in [0.4, 0.5) is 0 Å². The molecule has 0 radical (unpaired) electrons. The van der Waals surface area contributed by atoms with Gasteiger partial charge in [0, 0.05) is 13.2 Å². The van der Waals surface area contributed by atoms with E-state index in [0.29, 0.717) is 0 Å². The van der Waals surface area contributed by atoms with Gasteiger partial charge in [0.15, 0.2) is 0 Å². The lowest BCUT2D eigenvalue weighted by Crippen LogP contribution is -2.03. The van der Waals surface area contributed by atoms with E-state index in [1.807, 2.05) is 19.4 Å². The molecule has 1 aromatic carbocycles. The molecule has 3 nitrogen and oxygen atoms in total. The summed E-state index contributed by atoms with van der Waals surface area (Å²) in [5.74, 6) is 0. The van der Waals surface area contributed by atoms with E-state index < -0.39 is 6.10 Å². The van der Waals surface area contributed by atoms with Crippen molar-refractivity contribution in [2.75, 3.05) is 0 Å². The Morgan fingerprint density at radius 3 is 2.47 bits per heavy atom. The highest BCUT2D eigenvalue weighted by atomic mass is 16.3. The summed E-state index contributed by atoms with van der Waals surface area (Å²) >= 11 is 0. The van der Waals surface area contributed by atoms with Gasteiger partial charge in [-0.1, -0.05) is 12.1 Å². The molecule has 1 atom stereocenters. The van der Waals surface area contributed by atoms with Crippen LogP contribution in [-0.4, -0.2) is 14.9 Å². The largest absolute Gasteiger partial charge is 0.388 e. The topological polar surface area (TPSA) is 38.1 Å². The first-order valence-electron chi connectivity index (χ1n) is 6.70. The van der Waals surface area contributed by atoms with Crippen LogP contribution in [-0.2, 0) is 13.5 Å². The number of aromatic nitrogens is 2. The summed E-state index contributed by atoms with van der Waals surface area (Å²) in [5, 5.41) is 14.5. The minimum atomic E-state index is -0.403. The molecule has 19 heavy (non-hydrogen) atoms. The lowest BCUT2D eigenvalue weighted by atomic mass is 9.94. The Hall–Kier alpha value is -1.61. The molecule has 1 unspecified atom stereocenters. The van der Waals surface area contributed by atoms with Gasteiger partial charge >= 0.3 is 0 Å². The van der Waals surface area contributed by atoms with Crippen molar-refractivity contribution in [3.05, 3.63) is 52.3 Å². The van der Waals surface area contributed by atoms with Crippen LogP contribution in [0.15, 0.2) is 24.5 Å². The molecule has 3 heteroatoms. The number of aliphatic hydroxyl groups excluding tert-OH is 1. The molecular weight excluding hydrogens is 236 g/mol. The van der Waals surface area contributed by atoms with Gasteiger partial charge < -0.3 is 5.11 Å². The van der Waals surface area contributed by atoms with Gasteiger partial charge in [0.2, 0.25) is 0 Å². The maximum atomic E-state index is 10.4. The summed E-state index contributed by atoms with van der Waals surface area (Å²) in [6.07, 6.45) is 5.04. The highest BCUT2D eigenvalue weighted by Crippen LogP contribution is 2.25. The van der Waals surface area contributed by atoms with Crippen LogP contribution >= 0.6 is 0 Å². The van der Waals surface area contributed by atoms with Crippen molar-refractivity contribution in [3.63, 3.8) is 0 Å². The smallest absolute Gasteiger partial charge is 0.0795 e. The van der Waals surface area contributed by atoms with Gasteiger partial charge in [-0.15, -0.1) is 0 Å². The van der Waals surface area contributed by atoms with Crippen LogP contribution in [0.1, 0.15) is 40.3 Å². The van der Waals surface area contributed by atoms with Gasteiger partial charge in [0.05, 0.1) is 12.3 Å². The minimum Gasteiger partial charge on any atom is -0.388 e. The average Bonchev–Trinajstić information content (AvgIpc) is 2.77. The SMILES string of the molecule is Cc1cc(C)c(C(O)CCc2cnn(C)c2)cc1C. The molecule has 0 fully saturated rings. The van der Waals surface area contributed by atoms with Gasteiger partial charge in [-0.05, 0) is 61.4 Å². The molecule has 0 bridgehead atoms. The zero-order valence-electron chi connectivity index (χ0n) is 12.1. The minimum absolute atomic E-state index is 0.403. The fourth-order valence-corrected chi connectivity index (χ4v) is 2.40. The molecule has 1 heterocycles. The molecule has 0 spiro atoms. The van der Waals surface area contributed by atoms with Crippen molar-refractivity contribution in [3.8, 4) is 0 Å². The van der Waals surface area contributed by atoms with Crippen LogP contribution in [0.3, 0.4) is 0 Å². The third-order valence-corrected chi connectivity index (χ3v) is 3.71. The number of aryl methyl sites for hydroxylation is 5. The van der Waals surface area contributed by atoms with Crippen LogP contribution in [0.2, 0.25) is 0 Å². The van der Waals surface area contributed by atoms with Crippen molar-refractivity contribution in [2.45, 2.75) is 39.7 Å². The number of aliphatic hydroxyl groups is 1. The van der Waals surface area contributed by atoms with Gasteiger partial charge in [0.25, 0.3) is 0 Å². The fraction of sp³-hybridized carbons (Fsp3) is 0.438. The van der Waals surface area contributed by atoms with Gasteiger partial charge in [-0.3, -0.25) is 4.68 Å². The standard InChI is InChI=1S/C16H22N2O/c1-11-7-13(3)15(8-12(11)2)16(19)6-5-14-9-17-18(4)10-14/h7-10,16,19H,5-6H2,1-4H3. The highest BCUT2D eigenvalue weighted by Gasteiger charge is 2.12. The number of rotatable bonds is 4. The monoisotopic (exact) mass is 258 g/mol. The Morgan fingerprint density at radius 2 is 1.84 bits per heavy atom. The first-order chi connectivity index (χ1) is 8.97. The first-order valence-corrected chi connectivity index (χ1v) is 6.70.